The third-order valence-electron chi connectivity index (χ3n) is 7.34. The molecule has 168 valence electrons. The number of nitrogens with one attached hydrogen (secondary N) is 2. The predicted octanol–water partition coefficient (Wildman–Crippen LogP) is 1.14. The number of hydrogen-bond acceptors (Lipinski definition) is 5. The van der Waals surface area contributed by atoms with Gasteiger partial charge in [0.2, 0.25) is 17.7 Å². The van der Waals surface area contributed by atoms with Crippen LogP contribution in [0.3, 0.4) is 0 Å². The summed E-state index contributed by atoms with van der Waals surface area (Å²) >= 11 is 0. The Hall–Kier alpha value is -2.45. The van der Waals surface area contributed by atoms with Crippen molar-refractivity contribution in [3.8, 4) is 0 Å². The van der Waals surface area contributed by atoms with Crippen LogP contribution in [0.15, 0.2) is 18.2 Å². The standard InChI is InChI=1S/C23H31N3O5/c1-13-7-5-8-14(2)17(13)25-20(29)18-23-10-9-22(3,31-23)15(19(28)24-4)16(23)21(30)26(18)11-6-12-27/h5,7-8,15-16,18,27H,6,9-12H2,1-4H3,(H,24,28)(H,25,29)/t15-,16+,18?,22+,23?/m1/s1. The third-order valence-corrected chi connectivity index (χ3v) is 7.34. The SMILES string of the molecule is CNC(=O)[C@H]1[C@H]2C(=O)N(CCCO)C(C(=O)Nc3c(C)cccc3C)C23CC[C@]1(C)O3. The fourth-order valence-electron chi connectivity index (χ4n) is 5.97. The van der Waals surface area contributed by atoms with Gasteiger partial charge in [-0.05, 0) is 51.2 Å². The van der Waals surface area contributed by atoms with Crippen LogP contribution in [0, 0.1) is 25.7 Å². The zero-order valence-electron chi connectivity index (χ0n) is 18.5. The number of fused-ring (bicyclic) bond motifs is 1. The first kappa shape index (κ1) is 21.8. The van der Waals surface area contributed by atoms with Crippen molar-refractivity contribution in [1.29, 1.82) is 0 Å². The van der Waals surface area contributed by atoms with E-state index < -0.39 is 29.1 Å². The van der Waals surface area contributed by atoms with Gasteiger partial charge in [-0.25, -0.2) is 0 Å². The van der Waals surface area contributed by atoms with Crippen molar-refractivity contribution in [2.45, 2.75) is 57.3 Å². The van der Waals surface area contributed by atoms with E-state index in [4.69, 9.17) is 4.74 Å². The van der Waals surface area contributed by atoms with Gasteiger partial charge in [0.25, 0.3) is 0 Å². The minimum absolute atomic E-state index is 0.0931. The average Bonchev–Trinajstić information content (AvgIpc) is 3.29. The van der Waals surface area contributed by atoms with Crippen molar-refractivity contribution in [2.24, 2.45) is 11.8 Å². The highest BCUT2D eigenvalue weighted by molar-refractivity contribution is 6.04. The van der Waals surface area contributed by atoms with Gasteiger partial charge in [-0.15, -0.1) is 0 Å². The zero-order chi connectivity index (χ0) is 22.6. The molecule has 0 saturated carbocycles. The Morgan fingerprint density at radius 1 is 1.23 bits per heavy atom. The number of carbonyl (C=O) groups excluding carboxylic acids is 3. The third kappa shape index (κ3) is 3.07. The lowest BCUT2D eigenvalue weighted by Gasteiger charge is -2.33. The molecule has 0 radical (unpaired) electrons. The summed E-state index contributed by atoms with van der Waals surface area (Å²) in [5.41, 5.74) is 0.768. The Balaban J connectivity index is 1.75. The van der Waals surface area contributed by atoms with E-state index in [1.54, 1.807) is 7.05 Å². The molecule has 1 aromatic carbocycles. The van der Waals surface area contributed by atoms with Crippen LogP contribution in [-0.2, 0) is 19.1 Å². The maximum Gasteiger partial charge on any atom is 0.250 e. The lowest BCUT2D eigenvalue weighted by Crippen LogP contribution is -2.53. The topological polar surface area (TPSA) is 108 Å². The molecular weight excluding hydrogens is 398 g/mol. The molecular formula is C23H31N3O5. The Bertz CT molecular complexity index is 914. The Labute approximate surface area is 182 Å². The lowest BCUT2D eigenvalue weighted by atomic mass is 9.66. The number of ether oxygens (including phenoxy) is 1. The molecule has 2 unspecified atom stereocenters. The minimum atomic E-state index is -1.04. The van der Waals surface area contributed by atoms with Crippen molar-refractivity contribution in [3.05, 3.63) is 29.3 Å². The van der Waals surface area contributed by atoms with Crippen molar-refractivity contribution < 1.29 is 24.2 Å². The first-order valence-corrected chi connectivity index (χ1v) is 10.9. The molecule has 8 heteroatoms. The molecule has 2 bridgehead atoms. The van der Waals surface area contributed by atoms with E-state index in [0.29, 0.717) is 19.3 Å². The van der Waals surface area contributed by atoms with Gasteiger partial charge in [-0.2, -0.15) is 0 Å². The molecule has 3 fully saturated rings. The molecule has 3 aliphatic rings. The molecule has 1 aromatic rings. The summed E-state index contributed by atoms with van der Waals surface area (Å²) in [5, 5.41) is 15.1. The monoisotopic (exact) mass is 429 g/mol. The Morgan fingerprint density at radius 2 is 1.90 bits per heavy atom. The number of aliphatic hydroxyl groups is 1. The van der Waals surface area contributed by atoms with Gasteiger partial charge in [0.1, 0.15) is 11.6 Å². The highest BCUT2D eigenvalue weighted by atomic mass is 16.5. The Morgan fingerprint density at radius 3 is 2.52 bits per heavy atom. The number of rotatable bonds is 6. The van der Waals surface area contributed by atoms with Gasteiger partial charge in [-0.1, -0.05) is 18.2 Å². The quantitative estimate of drug-likeness (QED) is 0.628. The van der Waals surface area contributed by atoms with Gasteiger partial charge in [0, 0.05) is 25.9 Å². The van der Waals surface area contributed by atoms with E-state index in [9.17, 15) is 19.5 Å². The second-order valence-electron chi connectivity index (χ2n) is 9.21. The van der Waals surface area contributed by atoms with E-state index >= 15 is 0 Å². The maximum atomic E-state index is 13.7. The smallest absolute Gasteiger partial charge is 0.250 e. The summed E-state index contributed by atoms with van der Waals surface area (Å²) < 4.78 is 6.47. The molecule has 3 saturated heterocycles. The average molecular weight is 430 g/mol. The number of aliphatic hydroxyl groups excluding tert-OH is 1. The zero-order valence-corrected chi connectivity index (χ0v) is 18.5. The fraction of sp³-hybridized carbons (Fsp3) is 0.609. The number of amides is 3. The van der Waals surface area contributed by atoms with E-state index in [-0.39, 0.29) is 30.9 Å². The highest BCUT2D eigenvalue weighted by Crippen LogP contribution is 2.63. The molecule has 3 N–H and O–H groups in total. The number of para-hydroxylation sites is 1. The number of anilines is 1. The van der Waals surface area contributed by atoms with Crippen LogP contribution < -0.4 is 10.6 Å². The van der Waals surface area contributed by atoms with E-state index in [1.807, 2.05) is 39.0 Å². The van der Waals surface area contributed by atoms with Gasteiger partial charge in [0.05, 0.1) is 17.4 Å². The molecule has 5 atom stereocenters. The van der Waals surface area contributed by atoms with Crippen LogP contribution >= 0.6 is 0 Å². The van der Waals surface area contributed by atoms with E-state index in [2.05, 4.69) is 10.6 Å². The molecule has 4 rings (SSSR count). The molecule has 0 aromatic heterocycles. The molecule has 8 nitrogen and oxygen atoms in total. The molecule has 3 aliphatic heterocycles. The normalized spacial score (nSPS) is 33.5. The summed E-state index contributed by atoms with van der Waals surface area (Å²) in [6.07, 6.45) is 1.49. The van der Waals surface area contributed by atoms with Crippen LogP contribution in [0.4, 0.5) is 5.69 Å². The van der Waals surface area contributed by atoms with Crippen LogP contribution in [0.2, 0.25) is 0 Å². The maximum absolute atomic E-state index is 13.7. The van der Waals surface area contributed by atoms with Gasteiger partial charge in [0.15, 0.2) is 0 Å². The molecule has 3 heterocycles. The van der Waals surface area contributed by atoms with Crippen molar-refractivity contribution in [3.63, 3.8) is 0 Å². The first-order chi connectivity index (χ1) is 14.7. The number of hydrogen-bond donors (Lipinski definition) is 3. The number of carbonyl (C=O) groups is 3. The first-order valence-electron chi connectivity index (χ1n) is 10.9. The fourth-order valence-corrected chi connectivity index (χ4v) is 5.97. The number of benzene rings is 1. The second kappa shape index (κ2) is 7.60. The van der Waals surface area contributed by atoms with Crippen LogP contribution in [0.5, 0.6) is 0 Å². The minimum Gasteiger partial charge on any atom is -0.396 e. The summed E-state index contributed by atoms with van der Waals surface area (Å²) in [4.78, 5) is 41.5. The number of nitrogens with zero attached hydrogens (tertiary/aromatic N) is 1. The number of likely N-dealkylation sites (tertiary alicyclic amines) is 1. The van der Waals surface area contributed by atoms with Gasteiger partial charge in [-0.3, -0.25) is 14.4 Å². The van der Waals surface area contributed by atoms with Crippen LogP contribution in [0.25, 0.3) is 0 Å². The summed E-state index contributed by atoms with van der Waals surface area (Å²) in [7, 11) is 1.55. The molecule has 1 spiro atoms. The van der Waals surface area contributed by atoms with Crippen LogP contribution in [0.1, 0.15) is 37.3 Å². The van der Waals surface area contributed by atoms with E-state index in [0.717, 1.165) is 16.8 Å². The van der Waals surface area contributed by atoms with Gasteiger partial charge < -0.3 is 25.4 Å². The molecule has 0 aliphatic carbocycles. The van der Waals surface area contributed by atoms with Gasteiger partial charge >= 0.3 is 0 Å². The summed E-state index contributed by atoms with van der Waals surface area (Å²) in [5.74, 6) is -2.15. The largest absolute Gasteiger partial charge is 0.396 e. The predicted molar refractivity (Wildman–Crippen MR) is 114 cm³/mol. The Kier molecular flexibility index (Phi) is 5.34. The molecule has 31 heavy (non-hydrogen) atoms. The van der Waals surface area contributed by atoms with Crippen molar-refractivity contribution in [2.75, 3.05) is 25.5 Å². The van der Waals surface area contributed by atoms with Crippen molar-refractivity contribution in [1.82, 2.24) is 10.2 Å². The lowest BCUT2D eigenvalue weighted by molar-refractivity contribution is -0.144. The summed E-state index contributed by atoms with van der Waals surface area (Å²) in [6.45, 7) is 5.86. The van der Waals surface area contributed by atoms with E-state index in [1.165, 1.54) is 4.90 Å². The van der Waals surface area contributed by atoms with Crippen LogP contribution in [-0.4, -0.2) is 65.2 Å². The number of aryl methyl sites for hydroxylation is 2. The summed E-state index contributed by atoms with van der Waals surface area (Å²) in [6, 6.07) is 4.92. The highest BCUT2D eigenvalue weighted by Gasteiger charge is 2.77. The second-order valence-corrected chi connectivity index (χ2v) is 9.21. The molecule has 3 amide bonds. The van der Waals surface area contributed by atoms with Crippen molar-refractivity contribution >= 4 is 23.4 Å².